The fraction of sp³-hybridized carbons (Fsp3) is 0.231. The minimum Gasteiger partial charge on any atom is -0.288 e. The van der Waals surface area contributed by atoms with Crippen molar-refractivity contribution < 1.29 is 4.79 Å². The molecule has 0 bridgehead atoms. The zero-order chi connectivity index (χ0) is 12.3. The maximum Gasteiger partial charge on any atom is 0.203 e. The Kier molecular flexibility index (Phi) is 3.54. The van der Waals surface area contributed by atoms with Crippen LogP contribution in [0.4, 0.5) is 0 Å². The second-order valence-electron chi connectivity index (χ2n) is 3.70. The van der Waals surface area contributed by atoms with Crippen molar-refractivity contribution in [3.63, 3.8) is 0 Å². The highest BCUT2D eigenvalue weighted by molar-refractivity contribution is 7.11. The van der Waals surface area contributed by atoms with Crippen molar-refractivity contribution in [2.45, 2.75) is 20.4 Å². The van der Waals surface area contributed by atoms with E-state index in [-0.39, 0.29) is 5.78 Å². The fourth-order valence-electron chi connectivity index (χ4n) is 1.59. The Bertz CT molecular complexity index is 551. The normalized spacial score (nSPS) is 11.2. The van der Waals surface area contributed by atoms with E-state index in [1.54, 1.807) is 34.4 Å². The van der Waals surface area contributed by atoms with Crippen LogP contribution in [0.2, 0.25) is 0 Å². The number of rotatable bonds is 4. The fourth-order valence-corrected chi connectivity index (χ4v) is 2.41. The average Bonchev–Trinajstić information content (AvgIpc) is 2.94. The molecule has 4 heteroatoms. The third-order valence-corrected chi connectivity index (χ3v) is 3.54. The Hall–Kier alpha value is -1.68. The van der Waals surface area contributed by atoms with Crippen molar-refractivity contribution in [2.75, 3.05) is 0 Å². The molecule has 0 aliphatic carbocycles. The van der Waals surface area contributed by atoms with Crippen molar-refractivity contribution in [3.8, 4) is 0 Å². The lowest BCUT2D eigenvalue weighted by Crippen LogP contribution is -2.07. The average molecular weight is 246 g/mol. The third kappa shape index (κ3) is 2.53. The highest BCUT2D eigenvalue weighted by atomic mass is 32.1. The summed E-state index contributed by atoms with van der Waals surface area (Å²) < 4.78 is 1.70. The van der Waals surface area contributed by atoms with Crippen molar-refractivity contribution >= 4 is 23.2 Å². The molecule has 0 atom stereocenters. The first kappa shape index (κ1) is 11.8. The van der Waals surface area contributed by atoms with Gasteiger partial charge in [0.1, 0.15) is 5.69 Å². The number of thiophene rings is 1. The molecule has 88 valence electrons. The molecule has 0 saturated heterocycles. The first-order chi connectivity index (χ1) is 8.22. The van der Waals surface area contributed by atoms with Gasteiger partial charge in [0, 0.05) is 17.6 Å². The van der Waals surface area contributed by atoms with E-state index < -0.39 is 0 Å². The smallest absolute Gasteiger partial charge is 0.203 e. The summed E-state index contributed by atoms with van der Waals surface area (Å²) in [5.74, 6) is -0.00264. The SMILES string of the molecule is CCn1nccc1C(=O)/C=C/c1sccc1C. The number of aryl methyl sites for hydroxylation is 2. The lowest BCUT2D eigenvalue weighted by Gasteiger charge is -1.99. The van der Waals surface area contributed by atoms with Crippen LogP contribution >= 0.6 is 11.3 Å². The molecule has 0 unspecified atom stereocenters. The molecule has 0 spiro atoms. The van der Waals surface area contributed by atoms with Gasteiger partial charge in [0.2, 0.25) is 5.78 Å². The monoisotopic (exact) mass is 246 g/mol. The molecule has 0 aliphatic heterocycles. The number of allylic oxidation sites excluding steroid dienone is 1. The number of carbonyl (C=O) groups excluding carboxylic acids is 1. The van der Waals surface area contributed by atoms with Crippen molar-refractivity contribution in [2.24, 2.45) is 0 Å². The molecule has 0 aromatic carbocycles. The standard InChI is InChI=1S/C13H14N2OS/c1-3-15-11(6-8-14-15)12(16)4-5-13-10(2)7-9-17-13/h4-9H,3H2,1-2H3/b5-4+. The minimum absolute atomic E-state index is 0.00264. The minimum atomic E-state index is -0.00264. The van der Waals surface area contributed by atoms with Gasteiger partial charge >= 0.3 is 0 Å². The molecule has 2 heterocycles. The zero-order valence-electron chi connectivity index (χ0n) is 9.88. The summed E-state index contributed by atoms with van der Waals surface area (Å²) >= 11 is 1.64. The van der Waals surface area contributed by atoms with Gasteiger partial charge in [-0.3, -0.25) is 9.48 Å². The van der Waals surface area contributed by atoms with Gasteiger partial charge in [0.05, 0.1) is 0 Å². The van der Waals surface area contributed by atoms with E-state index in [0.29, 0.717) is 12.2 Å². The molecule has 0 radical (unpaired) electrons. The second-order valence-corrected chi connectivity index (χ2v) is 4.65. The van der Waals surface area contributed by atoms with E-state index in [1.165, 1.54) is 5.56 Å². The molecular weight excluding hydrogens is 232 g/mol. The van der Waals surface area contributed by atoms with Crippen molar-refractivity contribution in [3.05, 3.63) is 45.9 Å². The number of hydrogen-bond donors (Lipinski definition) is 0. The predicted octanol–water partition coefficient (Wildman–Crippen LogP) is 3.17. The summed E-state index contributed by atoms with van der Waals surface area (Å²) in [7, 11) is 0. The van der Waals surface area contributed by atoms with Gasteiger partial charge in [-0.1, -0.05) is 0 Å². The van der Waals surface area contributed by atoms with Crippen LogP contribution < -0.4 is 0 Å². The molecule has 0 amide bonds. The van der Waals surface area contributed by atoms with Crippen LogP contribution in [0.25, 0.3) is 6.08 Å². The summed E-state index contributed by atoms with van der Waals surface area (Å²) in [6, 6.07) is 3.79. The van der Waals surface area contributed by atoms with Gasteiger partial charge in [-0.25, -0.2) is 0 Å². The zero-order valence-corrected chi connectivity index (χ0v) is 10.7. The van der Waals surface area contributed by atoms with Gasteiger partial charge in [0.25, 0.3) is 0 Å². The topological polar surface area (TPSA) is 34.9 Å². The molecule has 0 saturated carbocycles. The van der Waals surface area contributed by atoms with Crippen LogP contribution in [-0.4, -0.2) is 15.6 Å². The predicted molar refractivity (Wildman–Crippen MR) is 70.3 cm³/mol. The summed E-state index contributed by atoms with van der Waals surface area (Å²) in [5.41, 5.74) is 1.83. The Morgan fingerprint density at radius 1 is 1.53 bits per heavy atom. The molecule has 2 aromatic rings. The highest BCUT2D eigenvalue weighted by Gasteiger charge is 2.07. The number of nitrogens with zero attached hydrogens (tertiary/aromatic N) is 2. The maximum absolute atomic E-state index is 11.9. The molecular formula is C13H14N2OS. The Morgan fingerprint density at radius 3 is 3.00 bits per heavy atom. The summed E-state index contributed by atoms with van der Waals surface area (Å²) in [6.07, 6.45) is 5.14. The Morgan fingerprint density at radius 2 is 2.35 bits per heavy atom. The lowest BCUT2D eigenvalue weighted by atomic mass is 10.2. The van der Waals surface area contributed by atoms with Crippen molar-refractivity contribution in [1.29, 1.82) is 0 Å². The molecule has 0 aliphatic rings. The quantitative estimate of drug-likeness (QED) is 0.613. The number of aromatic nitrogens is 2. The van der Waals surface area contributed by atoms with E-state index in [4.69, 9.17) is 0 Å². The Labute approximate surface area is 104 Å². The van der Waals surface area contributed by atoms with Gasteiger partial charge in [0.15, 0.2) is 0 Å². The first-order valence-electron chi connectivity index (χ1n) is 5.50. The number of ketones is 1. The molecule has 17 heavy (non-hydrogen) atoms. The second kappa shape index (κ2) is 5.10. The van der Waals surface area contributed by atoms with Crippen LogP contribution in [0, 0.1) is 6.92 Å². The number of hydrogen-bond acceptors (Lipinski definition) is 3. The van der Waals surface area contributed by atoms with E-state index >= 15 is 0 Å². The van der Waals surface area contributed by atoms with Gasteiger partial charge in [-0.15, -0.1) is 11.3 Å². The number of carbonyl (C=O) groups is 1. The first-order valence-corrected chi connectivity index (χ1v) is 6.38. The molecule has 3 nitrogen and oxygen atoms in total. The van der Waals surface area contributed by atoms with Gasteiger partial charge in [-0.2, -0.15) is 5.10 Å². The van der Waals surface area contributed by atoms with E-state index in [0.717, 1.165) is 4.88 Å². The van der Waals surface area contributed by atoms with Gasteiger partial charge in [-0.05, 0) is 49.1 Å². The van der Waals surface area contributed by atoms with Crippen LogP contribution in [0.1, 0.15) is 27.9 Å². The van der Waals surface area contributed by atoms with Crippen LogP contribution in [0.5, 0.6) is 0 Å². The van der Waals surface area contributed by atoms with Crippen LogP contribution in [0.3, 0.4) is 0 Å². The largest absolute Gasteiger partial charge is 0.288 e. The van der Waals surface area contributed by atoms with E-state index in [9.17, 15) is 4.79 Å². The lowest BCUT2D eigenvalue weighted by molar-refractivity contribution is 0.103. The molecule has 2 rings (SSSR count). The molecule has 0 fully saturated rings. The summed E-state index contributed by atoms with van der Waals surface area (Å²) in [6.45, 7) is 4.72. The highest BCUT2D eigenvalue weighted by Crippen LogP contribution is 2.17. The van der Waals surface area contributed by atoms with Crippen LogP contribution in [-0.2, 0) is 6.54 Å². The van der Waals surface area contributed by atoms with Crippen molar-refractivity contribution in [1.82, 2.24) is 9.78 Å². The third-order valence-electron chi connectivity index (χ3n) is 2.56. The van der Waals surface area contributed by atoms with E-state index in [1.807, 2.05) is 31.4 Å². The van der Waals surface area contributed by atoms with Gasteiger partial charge < -0.3 is 0 Å². The Balaban J connectivity index is 2.17. The van der Waals surface area contributed by atoms with E-state index in [2.05, 4.69) is 5.10 Å². The summed E-state index contributed by atoms with van der Waals surface area (Å²) in [4.78, 5) is 13.1. The summed E-state index contributed by atoms with van der Waals surface area (Å²) in [5, 5.41) is 6.11. The maximum atomic E-state index is 11.9. The molecule has 2 aromatic heterocycles. The molecule has 0 N–H and O–H groups in total. The van der Waals surface area contributed by atoms with Crippen LogP contribution in [0.15, 0.2) is 29.8 Å².